The number of sulfonamides is 1. The van der Waals surface area contributed by atoms with E-state index in [9.17, 15) is 13.2 Å². The third-order valence-electron chi connectivity index (χ3n) is 4.32. The number of thioether (sulfide) groups is 1. The van der Waals surface area contributed by atoms with Gasteiger partial charge in [0, 0.05) is 5.75 Å². The van der Waals surface area contributed by atoms with E-state index in [4.69, 9.17) is 4.74 Å². The predicted molar refractivity (Wildman–Crippen MR) is 119 cm³/mol. The predicted octanol–water partition coefficient (Wildman–Crippen LogP) is 2.29. The quantitative estimate of drug-likeness (QED) is 0.708. The summed E-state index contributed by atoms with van der Waals surface area (Å²) in [5, 5.41) is 11.2. The van der Waals surface area contributed by atoms with E-state index < -0.39 is 22.0 Å². The van der Waals surface area contributed by atoms with Gasteiger partial charge in [0.1, 0.15) is 5.75 Å². The molecule has 0 fully saturated rings. The molecule has 1 aliphatic rings. The second kappa shape index (κ2) is 9.41. The first-order valence-electron chi connectivity index (χ1n) is 9.10. The lowest BCUT2D eigenvalue weighted by molar-refractivity contribution is -0.120. The molecule has 0 saturated carbocycles. The summed E-state index contributed by atoms with van der Waals surface area (Å²) in [6, 6.07) is 12.9. The molecule has 2 N–H and O–H groups in total. The van der Waals surface area contributed by atoms with E-state index in [-0.39, 0.29) is 4.90 Å². The number of hydrogen-bond donors (Lipinski definition) is 2. The molecule has 1 heterocycles. The SMILES string of the molecule is COc1ccc(S(=O)(=O)N[C@@H](C)C(=O)NC2=NN=C(c3ccc(C)cc3)CS2)cc1. The first-order chi connectivity index (χ1) is 14.3. The van der Waals surface area contributed by atoms with Crippen LogP contribution in [0.1, 0.15) is 18.1 Å². The maximum atomic E-state index is 12.5. The molecule has 0 aliphatic carbocycles. The molecule has 2 aromatic rings. The Labute approximate surface area is 179 Å². The zero-order chi connectivity index (χ0) is 21.7. The van der Waals surface area contributed by atoms with Crippen molar-refractivity contribution >= 4 is 38.6 Å². The van der Waals surface area contributed by atoms with Crippen LogP contribution < -0.4 is 14.8 Å². The van der Waals surface area contributed by atoms with E-state index in [2.05, 4.69) is 20.2 Å². The molecule has 0 saturated heterocycles. The van der Waals surface area contributed by atoms with E-state index in [1.165, 1.54) is 50.1 Å². The molecule has 30 heavy (non-hydrogen) atoms. The fraction of sp³-hybridized carbons (Fsp3) is 0.250. The lowest BCUT2D eigenvalue weighted by Crippen LogP contribution is -2.46. The minimum absolute atomic E-state index is 0.0414. The summed E-state index contributed by atoms with van der Waals surface area (Å²) in [7, 11) is -2.37. The minimum Gasteiger partial charge on any atom is -0.497 e. The van der Waals surface area contributed by atoms with Crippen LogP contribution in [0.15, 0.2) is 63.6 Å². The highest BCUT2D eigenvalue weighted by Crippen LogP contribution is 2.17. The summed E-state index contributed by atoms with van der Waals surface area (Å²) in [4.78, 5) is 12.5. The maximum Gasteiger partial charge on any atom is 0.243 e. The van der Waals surface area contributed by atoms with Gasteiger partial charge >= 0.3 is 0 Å². The first kappa shape index (κ1) is 22.0. The maximum absolute atomic E-state index is 12.5. The van der Waals surface area contributed by atoms with Crippen molar-refractivity contribution in [3.63, 3.8) is 0 Å². The lowest BCUT2D eigenvalue weighted by atomic mass is 10.1. The fourth-order valence-electron chi connectivity index (χ4n) is 2.57. The molecule has 0 spiro atoms. The largest absolute Gasteiger partial charge is 0.497 e. The van der Waals surface area contributed by atoms with Crippen LogP contribution in [0.3, 0.4) is 0 Å². The molecule has 3 rings (SSSR count). The topological polar surface area (TPSA) is 109 Å². The molecule has 8 nitrogen and oxygen atoms in total. The minimum atomic E-state index is -3.86. The Morgan fingerprint density at radius 1 is 1.10 bits per heavy atom. The molecular weight excluding hydrogens is 424 g/mol. The van der Waals surface area contributed by atoms with Crippen molar-refractivity contribution in [3.8, 4) is 5.75 Å². The molecule has 0 bridgehead atoms. The van der Waals surface area contributed by atoms with Gasteiger partial charge < -0.3 is 10.1 Å². The van der Waals surface area contributed by atoms with Gasteiger partial charge in [-0.1, -0.05) is 41.6 Å². The number of carbonyl (C=O) groups excluding carboxylic acids is 1. The van der Waals surface area contributed by atoms with Gasteiger partial charge in [-0.05, 0) is 43.7 Å². The molecule has 0 aromatic heterocycles. The number of carbonyl (C=O) groups is 1. The van der Waals surface area contributed by atoms with Gasteiger partial charge in [-0.2, -0.15) is 9.82 Å². The van der Waals surface area contributed by atoms with Crippen molar-refractivity contribution in [2.75, 3.05) is 12.9 Å². The summed E-state index contributed by atoms with van der Waals surface area (Å²) < 4.78 is 32.3. The number of nitrogens with zero attached hydrogens (tertiary/aromatic N) is 2. The smallest absolute Gasteiger partial charge is 0.243 e. The summed E-state index contributed by atoms with van der Waals surface area (Å²) in [6.45, 7) is 3.47. The molecule has 1 atom stereocenters. The number of methoxy groups -OCH3 is 1. The van der Waals surface area contributed by atoms with E-state index in [0.717, 1.165) is 16.8 Å². The molecule has 10 heteroatoms. The first-order valence-corrected chi connectivity index (χ1v) is 11.6. The van der Waals surface area contributed by atoms with Gasteiger partial charge in [0.2, 0.25) is 15.9 Å². The zero-order valence-electron chi connectivity index (χ0n) is 16.7. The fourth-order valence-corrected chi connectivity index (χ4v) is 4.54. The van der Waals surface area contributed by atoms with Crippen LogP contribution in [0.2, 0.25) is 0 Å². The van der Waals surface area contributed by atoms with Gasteiger partial charge in [0.15, 0.2) is 5.17 Å². The number of hydrogen-bond acceptors (Lipinski definition) is 7. The third kappa shape index (κ3) is 5.47. The second-order valence-corrected chi connectivity index (χ2v) is 9.29. The van der Waals surface area contributed by atoms with Crippen LogP contribution in [0.5, 0.6) is 5.75 Å². The number of ether oxygens (including phenoxy) is 1. The van der Waals surface area contributed by atoms with Crippen LogP contribution in [0, 0.1) is 6.92 Å². The van der Waals surface area contributed by atoms with E-state index >= 15 is 0 Å². The van der Waals surface area contributed by atoms with Crippen molar-refractivity contribution in [2.24, 2.45) is 10.2 Å². The number of benzene rings is 2. The summed E-state index contributed by atoms with van der Waals surface area (Å²) in [5.41, 5.74) is 2.94. The summed E-state index contributed by atoms with van der Waals surface area (Å²) in [6.07, 6.45) is 0. The molecule has 0 unspecified atom stereocenters. The normalized spacial score (nSPS) is 15.0. The highest BCUT2D eigenvalue weighted by molar-refractivity contribution is 8.14. The zero-order valence-corrected chi connectivity index (χ0v) is 18.4. The van der Waals surface area contributed by atoms with E-state index in [0.29, 0.717) is 16.7 Å². The van der Waals surface area contributed by atoms with Gasteiger partial charge in [0.25, 0.3) is 0 Å². The van der Waals surface area contributed by atoms with Crippen LogP contribution in [0.25, 0.3) is 0 Å². The Balaban J connectivity index is 1.62. The van der Waals surface area contributed by atoms with Crippen molar-refractivity contribution in [1.29, 1.82) is 0 Å². The highest BCUT2D eigenvalue weighted by Gasteiger charge is 2.24. The number of amidine groups is 1. The Bertz CT molecular complexity index is 1080. The van der Waals surface area contributed by atoms with Crippen LogP contribution >= 0.6 is 11.8 Å². The molecule has 0 radical (unpaired) electrons. The van der Waals surface area contributed by atoms with Crippen molar-refractivity contribution in [3.05, 3.63) is 59.7 Å². The van der Waals surface area contributed by atoms with Crippen LogP contribution in [-0.4, -0.2) is 44.1 Å². The standard InChI is InChI=1S/C20H22N4O4S2/c1-13-4-6-15(7-5-13)18-12-29-20(23-22-18)21-19(25)14(2)24-30(26,27)17-10-8-16(28-3)9-11-17/h4-11,14,24H,12H2,1-3H3,(H,21,23,25)/t14-/m0/s1. The lowest BCUT2D eigenvalue weighted by Gasteiger charge is -2.17. The van der Waals surface area contributed by atoms with Crippen molar-refractivity contribution < 1.29 is 17.9 Å². The van der Waals surface area contributed by atoms with Gasteiger partial charge in [-0.25, -0.2) is 8.42 Å². The van der Waals surface area contributed by atoms with Crippen LogP contribution in [-0.2, 0) is 14.8 Å². The number of amides is 1. The number of rotatable bonds is 6. The average Bonchev–Trinajstić information content (AvgIpc) is 2.74. The average molecular weight is 447 g/mol. The van der Waals surface area contributed by atoms with E-state index in [1.54, 1.807) is 0 Å². The summed E-state index contributed by atoms with van der Waals surface area (Å²) in [5.74, 6) is 0.568. The molecule has 1 aliphatic heterocycles. The Kier molecular flexibility index (Phi) is 6.91. The number of nitrogens with one attached hydrogen (secondary N) is 2. The van der Waals surface area contributed by atoms with Gasteiger partial charge in [-0.15, -0.1) is 5.10 Å². The molecule has 2 aromatic carbocycles. The van der Waals surface area contributed by atoms with E-state index in [1.807, 2.05) is 31.2 Å². The third-order valence-corrected chi connectivity index (χ3v) is 6.75. The molecular formula is C20H22N4O4S2. The second-order valence-electron chi connectivity index (χ2n) is 6.61. The van der Waals surface area contributed by atoms with Gasteiger partial charge in [0.05, 0.1) is 23.8 Å². The highest BCUT2D eigenvalue weighted by atomic mass is 32.2. The van der Waals surface area contributed by atoms with Gasteiger partial charge in [-0.3, -0.25) is 4.79 Å². The Morgan fingerprint density at radius 3 is 2.33 bits per heavy atom. The Morgan fingerprint density at radius 2 is 1.77 bits per heavy atom. The van der Waals surface area contributed by atoms with Crippen LogP contribution in [0.4, 0.5) is 0 Å². The van der Waals surface area contributed by atoms with Crippen molar-refractivity contribution in [2.45, 2.75) is 24.8 Å². The molecule has 158 valence electrons. The molecule has 1 amide bonds. The summed E-state index contributed by atoms with van der Waals surface area (Å²) >= 11 is 1.33. The van der Waals surface area contributed by atoms with Crippen molar-refractivity contribution in [1.82, 2.24) is 10.0 Å². The number of aryl methyl sites for hydroxylation is 1. The monoisotopic (exact) mass is 446 g/mol. The Hall–Kier alpha value is -2.69.